The van der Waals surface area contributed by atoms with Crippen molar-refractivity contribution in [1.82, 2.24) is 0 Å². The molecule has 0 spiro atoms. The van der Waals surface area contributed by atoms with Gasteiger partial charge in [0, 0.05) is 27.0 Å². The topological polar surface area (TPSA) is 60.2 Å². The zero-order valence-electron chi connectivity index (χ0n) is 10.3. The number of hydrogen-bond donors (Lipinski definition) is 1. The highest BCUT2D eigenvalue weighted by Gasteiger charge is 2.07. The largest absolute Gasteiger partial charge is 0.398 e. The number of rotatable bonds is 1. The number of hydrogen-bond acceptors (Lipinski definition) is 3. The molecule has 0 radical (unpaired) electrons. The molecule has 6 heteroatoms. The third-order valence-corrected chi connectivity index (χ3v) is 3.83. The number of nitrogens with two attached hydrogens (primary N) is 1. The molecule has 0 aliphatic rings. The summed E-state index contributed by atoms with van der Waals surface area (Å²) in [6.07, 6.45) is 5.12. The number of terminal acetylenes is 1. The van der Waals surface area contributed by atoms with Crippen molar-refractivity contribution in [2.75, 3.05) is 5.73 Å². The number of anilines is 1. The van der Waals surface area contributed by atoms with Crippen molar-refractivity contribution in [3.8, 4) is 12.3 Å². The van der Waals surface area contributed by atoms with Gasteiger partial charge in [0.05, 0.1) is 4.90 Å². The average Bonchev–Trinajstić information content (AvgIpc) is 2.39. The Morgan fingerprint density at radius 2 is 1.60 bits per heavy atom. The lowest BCUT2D eigenvalue weighted by Crippen LogP contribution is -1.88. The van der Waals surface area contributed by atoms with E-state index in [2.05, 4.69) is 5.92 Å². The maximum absolute atomic E-state index is 10.7. The van der Waals surface area contributed by atoms with Gasteiger partial charge < -0.3 is 5.73 Å². The van der Waals surface area contributed by atoms with Crippen molar-refractivity contribution < 1.29 is 8.42 Å². The van der Waals surface area contributed by atoms with E-state index in [1.807, 2.05) is 18.2 Å². The van der Waals surface area contributed by atoms with Crippen LogP contribution in [0.5, 0.6) is 0 Å². The molecule has 2 aromatic rings. The highest BCUT2D eigenvalue weighted by Crippen LogP contribution is 2.17. The van der Waals surface area contributed by atoms with Gasteiger partial charge in [0.1, 0.15) is 0 Å². The lowest BCUT2D eigenvalue weighted by molar-refractivity contribution is 0.609. The smallest absolute Gasteiger partial charge is 0.261 e. The maximum Gasteiger partial charge on any atom is 0.261 e. The molecule has 0 aromatic heterocycles. The predicted octanol–water partition coefficient (Wildman–Crippen LogP) is 3.52. The second-order valence-corrected chi connectivity index (χ2v) is 6.63. The van der Waals surface area contributed by atoms with Gasteiger partial charge in [-0.15, -0.1) is 6.42 Å². The third-order valence-electron chi connectivity index (χ3n) is 2.21. The van der Waals surface area contributed by atoms with Crippen molar-refractivity contribution >= 4 is 37.0 Å². The molecule has 0 saturated heterocycles. The molecule has 0 unspecified atom stereocenters. The van der Waals surface area contributed by atoms with Crippen molar-refractivity contribution in [2.24, 2.45) is 0 Å². The minimum Gasteiger partial charge on any atom is -0.398 e. The second-order valence-electron chi connectivity index (χ2n) is 3.62. The van der Waals surface area contributed by atoms with Crippen molar-refractivity contribution in [3.63, 3.8) is 0 Å². The second kappa shape index (κ2) is 7.20. The SMILES string of the molecule is C#Cc1ccccc1N.O=S(=O)(Cl)c1ccc(Cl)cc1. The van der Waals surface area contributed by atoms with Crippen LogP contribution >= 0.6 is 22.3 Å². The molecule has 20 heavy (non-hydrogen) atoms. The fraction of sp³-hybridized carbons (Fsp3) is 0. The normalized spacial score (nSPS) is 10.1. The van der Waals surface area contributed by atoms with Gasteiger partial charge >= 0.3 is 0 Å². The van der Waals surface area contributed by atoms with Crippen molar-refractivity contribution in [2.45, 2.75) is 4.90 Å². The summed E-state index contributed by atoms with van der Waals surface area (Å²) in [6, 6.07) is 13.0. The molecule has 2 rings (SSSR count). The van der Waals surface area contributed by atoms with Crippen LogP contribution in [0.3, 0.4) is 0 Å². The van der Waals surface area contributed by atoms with Gasteiger partial charge in [-0.3, -0.25) is 0 Å². The first-order chi connectivity index (χ1) is 9.34. The van der Waals surface area contributed by atoms with Gasteiger partial charge in [0.25, 0.3) is 9.05 Å². The first kappa shape index (κ1) is 16.4. The van der Waals surface area contributed by atoms with Gasteiger partial charge in [-0.1, -0.05) is 29.7 Å². The summed E-state index contributed by atoms with van der Waals surface area (Å²) in [5.41, 5.74) is 6.92. The first-order valence-electron chi connectivity index (χ1n) is 5.36. The van der Waals surface area contributed by atoms with Gasteiger partial charge in [0.2, 0.25) is 0 Å². The highest BCUT2D eigenvalue weighted by molar-refractivity contribution is 8.13. The number of para-hydroxylation sites is 1. The Labute approximate surface area is 127 Å². The third kappa shape index (κ3) is 5.14. The van der Waals surface area contributed by atoms with Crippen molar-refractivity contribution in [1.29, 1.82) is 0 Å². The summed E-state index contributed by atoms with van der Waals surface area (Å²) in [6.45, 7) is 0. The Hall–Kier alpha value is -1.67. The van der Waals surface area contributed by atoms with Gasteiger partial charge in [-0.2, -0.15) is 0 Å². The Kier molecular flexibility index (Phi) is 5.90. The quantitative estimate of drug-likeness (QED) is 0.495. The summed E-state index contributed by atoms with van der Waals surface area (Å²) in [5, 5.41) is 0.481. The van der Waals surface area contributed by atoms with Crippen molar-refractivity contribution in [3.05, 3.63) is 59.1 Å². The van der Waals surface area contributed by atoms with E-state index in [-0.39, 0.29) is 4.90 Å². The zero-order valence-corrected chi connectivity index (χ0v) is 12.6. The molecule has 0 bridgehead atoms. The standard InChI is InChI=1S/C8H7N.C6H4Cl2O2S/c1-2-7-5-3-4-6-8(7)9;7-5-1-3-6(4-2-5)11(8,9)10/h1,3-6H,9H2;1-4H. The minimum absolute atomic E-state index is 0.0589. The summed E-state index contributed by atoms with van der Waals surface area (Å²) >= 11 is 5.52. The van der Waals surface area contributed by atoms with E-state index in [0.29, 0.717) is 10.7 Å². The molecule has 0 saturated carbocycles. The van der Waals surface area contributed by atoms with E-state index >= 15 is 0 Å². The van der Waals surface area contributed by atoms with Crippen LogP contribution < -0.4 is 5.73 Å². The van der Waals surface area contributed by atoms with Crippen LogP contribution in [0, 0.1) is 12.3 Å². The molecule has 0 atom stereocenters. The van der Waals surface area contributed by atoms with Crippen LogP contribution in [0.2, 0.25) is 5.02 Å². The Bertz CT molecular complexity index is 720. The van der Waals surface area contributed by atoms with E-state index in [9.17, 15) is 8.42 Å². The summed E-state index contributed by atoms with van der Waals surface area (Å²) in [4.78, 5) is 0.0589. The van der Waals surface area contributed by atoms with Crippen LogP contribution in [-0.4, -0.2) is 8.42 Å². The number of benzene rings is 2. The van der Waals surface area contributed by atoms with Crippen LogP contribution in [0.1, 0.15) is 5.56 Å². The maximum atomic E-state index is 10.7. The van der Waals surface area contributed by atoms with Gasteiger partial charge in [-0.25, -0.2) is 8.42 Å². The molecule has 104 valence electrons. The highest BCUT2D eigenvalue weighted by atomic mass is 35.7. The number of halogens is 2. The lowest BCUT2D eigenvalue weighted by atomic mass is 10.2. The van der Waals surface area contributed by atoms with E-state index in [4.69, 9.17) is 34.4 Å². The fourth-order valence-corrected chi connectivity index (χ4v) is 2.12. The van der Waals surface area contributed by atoms with Crippen LogP contribution in [0.15, 0.2) is 53.4 Å². The fourth-order valence-electron chi connectivity index (χ4n) is 1.23. The molecule has 2 aromatic carbocycles. The van der Waals surface area contributed by atoms with Crippen LogP contribution in [0.4, 0.5) is 5.69 Å². The Balaban J connectivity index is 0.000000204. The zero-order chi connectivity index (χ0) is 15.2. The molecule has 0 fully saturated rings. The Morgan fingerprint density at radius 3 is 2.00 bits per heavy atom. The van der Waals surface area contributed by atoms with E-state index in [1.165, 1.54) is 24.3 Å². The van der Waals surface area contributed by atoms with Gasteiger partial charge in [0.15, 0.2) is 0 Å². The molecule has 2 N–H and O–H groups in total. The van der Waals surface area contributed by atoms with E-state index in [0.717, 1.165) is 5.56 Å². The predicted molar refractivity (Wildman–Crippen MR) is 83.3 cm³/mol. The summed E-state index contributed by atoms with van der Waals surface area (Å²) in [7, 11) is 1.43. The monoisotopic (exact) mass is 327 g/mol. The van der Waals surface area contributed by atoms with E-state index in [1.54, 1.807) is 6.07 Å². The Morgan fingerprint density at radius 1 is 1.05 bits per heavy atom. The molecule has 0 amide bonds. The molecule has 0 aliphatic carbocycles. The summed E-state index contributed by atoms with van der Waals surface area (Å²) in [5.74, 6) is 2.47. The van der Waals surface area contributed by atoms with Crippen LogP contribution in [-0.2, 0) is 9.05 Å². The molecule has 0 aliphatic heterocycles. The summed E-state index contributed by atoms with van der Waals surface area (Å²) < 4.78 is 21.3. The number of nitrogen functional groups attached to an aromatic ring is 1. The molecular formula is C14H11Cl2NO2S. The first-order valence-corrected chi connectivity index (χ1v) is 8.04. The molecule has 0 heterocycles. The van der Waals surface area contributed by atoms with E-state index < -0.39 is 9.05 Å². The molecular weight excluding hydrogens is 317 g/mol. The lowest BCUT2D eigenvalue weighted by Gasteiger charge is -1.93. The van der Waals surface area contributed by atoms with Gasteiger partial charge in [-0.05, 0) is 36.4 Å². The average molecular weight is 328 g/mol. The van der Waals surface area contributed by atoms with Crippen LogP contribution in [0.25, 0.3) is 0 Å². The molecule has 3 nitrogen and oxygen atoms in total. The minimum atomic E-state index is -3.61.